The molecule has 0 saturated carbocycles. The number of amides is 2. The van der Waals surface area contributed by atoms with Crippen LogP contribution in [0, 0.1) is 11.3 Å². The van der Waals surface area contributed by atoms with Crippen LogP contribution < -0.4 is 5.73 Å². The van der Waals surface area contributed by atoms with Crippen molar-refractivity contribution in [3.8, 4) is 45.8 Å². The molecule has 0 atom stereocenters. The summed E-state index contributed by atoms with van der Waals surface area (Å²) in [6, 6.07) is 28.1. The van der Waals surface area contributed by atoms with Gasteiger partial charge in [0.2, 0.25) is 5.91 Å². The lowest BCUT2D eigenvalue weighted by Gasteiger charge is -2.33. The van der Waals surface area contributed by atoms with Gasteiger partial charge in [0.15, 0.2) is 0 Å². The van der Waals surface area contributed by atoms with Crippen LogP contribution in [-0.2, 0) is 55.1 Å². The smallest absolute Gasteiger partial charge is 0.373 e. The number of benzene rings is 2. The minimum atomic E-state index is -3.47. The fourth-order valence-corrected chi connectivity index (χ4v) is 19.0. The molecule has 7 rings (SSSR count). The number of carbonyl (C=O) groups is 2. The van der Waals surface area contributed by atoms with Gasteiger partial charge in [0.05, 0.1) is 12.7 Å². The van der Waals surface area contributed by atoms with Crippen LogP contribution >= 0.6 is 45.3 Å². The van der Waals surface area contributed by atoms with Gasteiger partial charge in [0.1, 0.15) is 11.6 Å². The van der Waals surface area contributed by atoms with Crippen molar-refractivity contribution in [2.24, 2.45) is 5.73 Å². The lowest BCUT2D eigenvalue weighted by molar-refractivity contribution is -0.131. The van der Waals surface area contributed by atoms with Crippen LogP contribution in [0.25, 0.3) is 67.6 Å². The van der Waals surface area contributed by atoms with Gasteiger partial charge in [-0.1, -0.05) is 129 Å². The second kappa shape index (κ2) is 32.4. The monoisotopic (exact) mass is 1190 g/mol. The van der Waals surface area contributed by atoms with Crippen LogP contribution in [0.1, 0.15) is 185 Å². The van der Waals surface area contributed by atoms with E-state index in [-0.39, 0.29) is 11.7 Å². The molecule has 5 heterocycles. The van der Waals surface area contributed by atoms with E-state index in [0.29, 0.717) is 19.8 Å². The van der Waals surface area contributed by atoms with Gasteiger partial charge in [-0.2, -0.15) is 5.26 Å². The molecule has 0 aliphatic heterocycles. The molecule has 0 bridgehead atoms. The summed E-state index contributed by atoms with van der Waals surface area (Å²) in [5.41, 5.74) is 15.0. The molecule has 0 aliphatic carbocycles. The molecule has 0 aliphatic rings. The maximum Gasteiger partial charge on any atom is 0.521 e. The third kappa shape index (κ3) is 16.6. The summed E-state index contributed by atoms with van der Waals surface area (Å²) in [7, 11) is -3.47. The number of hydrogen-bond donors (Lipinski definition) is 1. The van der Waals surface area contributed by atoms with Crippen LogP contribution in [0.15, 0.2) is 72.3 Å². The van der Waals surface area contributed by atoms with Crippen molar-refractivity contribution in [3.05, 3.63) is 99.4 Å². The molecule has 0 fully saturated rings. The zero-order valence-corrected chi connectivity index (χ0v) is 54.2. The predicted molar refractivity (Wildman–Crippen MR) is 350 cm³/mol. The lowest BCUT2D eigenvalue weighted by Crippen LogP contribution is -2.58. The third-order valence-corrected chi connectivity index (χ3v) is 23.4. The number of aryl methyl sites for hydroxylation is 5. The molecule has 7 aromatic rings. The maximum absolute atomic E-state index is 14.6. The quantitative estimate of drug-likeness (QED) is 0.0179. The topological polar surface area (TPSA) is 120 Å². The standard InChI is InChI=1S/C67H90N4O5S4Si/c1-9-17-21-25-31-48-40-60(77-58(48)44-53(45-68)67(73)70(46-63(69)72)47-81(74-14-6,75-15-7)76-16-8)64-51(33-27-23-19-11-3)42-62(79-64)66-52(34-28-24-20-12-4)43-61(80-66)65-50(32-26-22-18-10-2)41-59(78-65)49-37-38-57-55(39-49)54-35-29-30-36-56(54)71(57)13-5/h29-30,35-44H,9-28,31-34,46-47H2,1-8H3,(H2,69,72)/b53-44+. The number of para-hydroxylation sites is 1. The number of fused-ring (bicyclic) bond motifs is 3. The normalized spacial score (nSPS) is 12.1. The summed E-state index contributed by atoms with van der Waals surface area (Å²) in [4.78, 5) is 38.6. The zero-order chi connectivity index (χ0) is 57.7. The highest BCUT2D eigenvalue weighted by molar-refractivity contribution is 7.29. The van der Waals surface area contributed by atoms with Crippen molar-refractivity contribution in [1.82, 2.24) is 9.47 Å². The second-order valence-corrected chi connectivity index (χ2v) is 28.2. The van der Waals surface area contributed by atoms with Gasteiger partial charge in [-0.25, -0.2) is 0 Å². The summed E-state index contributed by atoms with van der Waals surface area (Å²) in [6.45, 7) is 18.3. The predicted octanol–water partition coefficient (Wildman–Crippen LogP) is 19.0. The van der Waals surface area contributed by atoms with Gasteiger partial charge in [0, 0.05) is 87.2 Å². The van der Waals surface area contributed by atoms with E-state index in [2.05, 4.69) is 112 Å². The Morgan fingerprint density at radius 1 is 0.568 bits per heavy atom. The van der Waals surface area contributed by atoms with Gasteiger partial charge < -0.3 is 28.5 Å². The Hall–Kier alpha value is -4.69. The Morgan fingerprint density at radius 3 is 1.51 bits per heavy atom. The van der Waals surface area contributed by atoms with Crippen LogP contribution in [0.4, 0.5) is 0 Å². The molecular formula is C67H90N4O5S4Si. The van der Waals surface area contributed by atoms with Gasteiger partial charge >= 0.3 is 8.80 Å². The minimum Gasteiger partial charge on any atom is -0.373 e. The fourth-order valence-electron chi connectivity index (χ4n) is 11.2. The molecule has 0 saturated heterocycles. The number of aromatic nitrogens is 1. The summed E-state index contributed by atoms with van der Waals surface area (Å²) in [6.07, 6.45) is 24.3. The van der Waals surface area contributed by atoms with Crippen LogP contribution in [0.2, 0.25) is 0 Å². The van der Waals surface area contributed by atoms with Gasteiger partial charge in [0.25, 0.3) is 5.91 Å². The van der Waals surface area contributed by atoms with E-state index >= 15 is 0 Å². The Kier molecular flexibility index (Phi) is 25.5. The fraction of sp³-hybridized carbons (Fsp3) is 0.507. The largest absolute Gasteiger partial charge is 0.521 e. The first kappa shape index (κ1) is 63.9. The Bertz CT molecular complexity index is 3190. The molecule has 2 amide bonds. The number of rotatable bonds is 37. The lowest BCUT2D eigenvalue weighted by atomic mass is 10.0. The number of primary amides is 1. The summed E-state index contributed by atoms with van der Waals surface area (Å²) in [5.74, 6) is -1.30. The highest BCUT2D eigenvalue weighted by Crippen LogP contribution is 2.50. The van der Waals surface area contributed by atoms with E-state index in [1.54, 1.807) is 17.4 Å². The first-order chi connectivity index (χ1) is 39.5. The third-order valence-electron chi connectivity index (χ3n) is 15.2. The molecule has 0 spiro atoms. The van der Waals surface area contributed by atoms with Crippen LogP contribution in [-0.4, -0.2) is 62.6 Å². The van der Waals surface area contributed by atoms with Gasteiger partial charge in [-0.15, -0.1) is 45.3 Å². The van der Waals surface area contributed by atoms with E-state index < -0.39 is 27.2 Å². The number of nitrogens with two attached hydrogens (primary N) is 1. The molecule has 81 heavy (non-hydrogen) atoms. The van der Waals surface area contributed by atoms with Crippen molar-refractivity contribution >= 4 is 93.8 Å². The molecule has 0 radical (unpaired) electrons. The van der Waals surface area contributed by atoms with E-state index in [1.165, 1.54) is 147 Å². The van der Waals surface area contributed by atoms with E-state index in [9.17, 15) is 14.9 Å². The number of hydrogen-bond acceptors (Lipinski definition) is 10. The van der Waals surface area contributed by atoms with Crippen molar-refractivity contribution in [3.63, 3.8) is 0 Å². The number of nitriles is 1. The number of carbonyl (C=O) groups excluding carboxylic acids is 2. The molecular weight excluding hydrogens is 1100 g/mol. The van der Waals surface area contributed by atoms with E-state index in [4.69, 9.17) is 19.0 Å². The number of nitrogens with zero attached hydrogens (tertiary/aromatic N) is 3. The Labute approximate surface area is 501 Å². The highest BCUT2D eigenvalue weighted by Gasteiger charge is 2.44. The van der Waals surface area contributed by atoms with Crippen molar-refractivity contribution in [2.75, 3.05) is 32.5 Å². The van der Waals surface area contributed by atoms with Crippen LogP contribution in [0.5, 0.6) is 0 Å². The second-order valence-electron chi connectivity index (χ2n) is 21.4. The first-order valence-electron chi connectivity index (χ1n) is 30.6. The molecule has 14 heteroatoms. The number of unbranched alkanes of at least 4 members (excludes halogenated alkanes) is 12. The first-order valence-corrected chi connectivity index (χ1v) is 35.8. The number of thiophene rings is 4. The Balaban J connectivity index is 1.34. The van der Waals surface area contributed by atoms with Gasteiger partial charge in [-0.05, 0) is 155 Å². The molecule has 2 N–H and O–H groups in total. The zero-order valence-electron chi connectivity index (χ0n) is 49.9. The highest BCUT2D eigenvalue weighted by atomic mass is 32.1. The Morgan fingerprint density at radius 2 is 1.02 bits per heavy atom. The molecule has 2 aromatic carbocycles. The summed E-state index contributed by atoms with van der Waals surface area (Å²) in [5, 5.41) is 13.4. The van der Waals surface area contributed by atoms with Crippen molar-refractivity contribution in [2.45, 2.75) is 190 Å². The molecule has 0 unspecified atom stereocenters. The average Bonchev–Trinajstić information content (AvgIpc) is 4.32. The van der Waals surface area contributed by atoms with Crippen molar-refractivity contribution < 1.29 is 22.9 Å². The van der Waals surface area contributed by atoms with Crippen molar-refractivity contribution in [1.29, 1.82) is 5.26 Å². The van der Waals surface area contributed by atoms with Gasteiger partial charge in [-0.3, -0.25) is 9.59 Å². The van der Waals surface area contributed by atoms with E-state index in [1.807, 2.05) is 54.8 Å². The summed E-state index contributed by atoms with van der Waals surface area (Å²) < 4.78 is 20.8. The SMILES string of the molecule is CCCCCCc1cc(-c2sc(-c3sc(-c4sc(-c5ccc6c(c5)c5ccccc5n6CC)cc4CCCCCC)cc3CCCCCC)cc2CCCCCC)sc1/C=C(\C#N)C(=O)N(CC(N)=O)C[Si](OCC)(OCC)OCC. The molecule has 436 valence electrons. The molecule has 9 nitrogen and oxygen atoms in total. The minimum absolute atomic E-state index is 0.0662. The maximum atomic E-state index is 14.6. The summed E-state index contributed by atoms with van der Waals surface area (Å²) >= 11 is 7.55. The molecule has 5 aromatic heterocycles. The van der Waals surface area contributed by atoms with E-state index in [0.717, 1.165) is 81.2 Å². The van der Waals surface area contributed by atoms with Crippen LogP contribution in [0.3, 0.4) is 0 Å². The average molecular weight is 1190 g/mol.